The van der Waals surface area contributed by atoms with E-state index in [0.29, 0.717) is 0 Å². The minimum absolute atomic E-state index is 0.950. The molecule has 0 saturated heterocycles. The maximum absolute atomic E-state index is 5.57. The van der Waals surface area contributed by atoms with E-state index < -0.39 is 0 Å². The standard InChI is InChI=1S/C15H11BrO/c1-17-15-13-5-3-2-4-10(13)8-11-9-12(16)6-7-14(11)15/h2-9H,1H3. The Kier molecular flexibility index (Phi) is 2.52. The Morgan fingerprint density at radius 2 is 1.65 bits per heavy atom. The SMILES string of the molecule is COc1c2ccccc2cc2cc(Br)ccc12. The van der Waals surface area contributed by atoms with Gasteiger partial charge < -0.3 is 4.74 Å². The van der Waals surface area contributed by atoms with Crippen molar-refractivity contribution in [3.8, 4) is 5.75 Å². The van der Waals surface area contributed by atoms with E-state index >= 15 is 0 Å². The van der Waals surface area contributed by atoms with Gasteiger partial charge in [0, 0.05) is 15.2 Å². The van der Waals surface area contributed by atoms with Crippen LogP contribution in [0.1, 0.15) is 0 Å². The number of ether oxygens (including phenoxy) is 1. The molecule has 17 heavy (non-hydrogen) atoms. The predicted octanol–water partition coefficient (Wildman–Crippen LogP) is 4.76. The fourth-order valence-corrected chi connectivity index (χ4v) is 2.60. The summed E-state index contributed by atoms with van der Waals surface area (Å²) in [5.74, 6) is 0.950. The summed E-state index contributed by atoms with van der Waals surface area (Å²) in [6.07, 6.45) is 0. The van der Waals surface area contributed by atoms with Crippen LogP contribution in [0.2, 0.25) is 0 Å². The summed E-state index contributed by atoms with van der Waals surface area (Å²) in [7, 11) is 1.73. The van der Waals surface area contributed by atoms with Crippen molar-refractivity contribution in [3.05, 3.63) is 53.0 Å². The molecule has 0 fully saturated rings. The van der Waals surface area contributed by atoms with Gasteiger partial charge in [-0.3, -0.25) is 0 Å². The second-order valence-corrected chi connectivity index (χ2v) is 4.91. The molecule has 1 nitrogen and oxygen atoms in total. The molecule has 0 amide bonds. The molecule has 3 aromatic rings. The molecule has 0 N–H and O–H groups in total. The van der Waals surface area contributed by atoms with Crippen molar-refractivity contribution in [1.82, 2.24) is 0 Å². The Hall–Kier alpha value is -1.54. The van der Waals surface area contributed by atoms with Crippen molar-refractivity contribution < 1.29 is 4.74 Å². The summed E-state index contributed by atoms with van der Waals surface area (Å²) in [6, 6.07) is 16.7. The molecule has 0 aliphatic rings. The van der Waals surface area contributed by atoms with Crippen LogP contribution in [0.5, 0.6) is 5.75 Å². The summed E-state index contributed by atoms with van der Waals surface area (Å²) < 4.78 is 6.65. The highest BCUT2D eigenvalue weighted by Crippen LogP contribution is 2.35. The van der Waals surface area contributed by atoms with Crippen molar-refractivity contribution in [3.63, 3.8) is 0 Å². The number of hydrogen-bond donors (Lipinski definition) is 0. The molecular formula is C15H11BrO. The van der Waals surface area contributed by atoms with Crippen molar-refractivity contribution in [2.75, 3.05) is 7.11 Å². The van der Waals surface area contributed by atoms with E-state index in [4.69, 9.17) is 4.74 Å². The van der Waals surface area contributed by atoms with Gasteiger partial charge in [0.05, 0.1) is 7.11 Å². The molecule has 0 spiro atoms. The fourth-order valence-electron chi connectivity index (χ4n) is 2.22. The highest BCUT2D eigenvalue weighted by molar-refractivity contribution is 9.10. The normalized spacial score (nSPS) is 10.9. The summed E-state index contributed by atoms with van der Waals surface area (Å²) in [5, 5.41) is 4.70. The van der Waals surface area contributed by atoms with Crippen molar-refractivity contribution in [2.45, 2.75) is 0 Å². The van der Waals surface area contributed by atoms with E-state index in [1.165, 1.54) is 10.8 Å². The van der Waals surface area contributed by atoms with Crippen LogP contribution >= 0.6 is 15.9 Å². The van der Waals surface area contributed by atoms with Gasteiger partial charge in [0.25, 0.3) is 0 Å². The molecular weight excluding hydrogens is 276 g/mol. The van der Waals surface area contributed by atoms with Gasteiger partial charge in [0.1, 0.15) is 5.75 Å². The van der Waals surface area contributed by atoms with Crippen molar-refractivity contribution in [1.29, 1.82) is 0 Å². The first-order chi connectivity index (χ1) is 8.29. The number of rotatable bonds is 1. The molecule has 0 aromatic heterocycles. The molecule has 3 aromatic carbocycles. The molecule has 0 unspecified atom stereocenters. The minimum atomic E-state index is 0.950. The van der Waals surface area contributed by atoms with Crippen LogP contribution < -0.4 is 4.74 Å². The van der Waals surface area contributed by atoms with Crippen LogP contribution in [0.4, 0.5) is 0 Å². The molecule has 2 heteroatoms. The first kappa shape index (κ1) is 10.6. The molecule has 0 saturated carbocycles. The Morgan fingerprint density at radius 3 is 2.47 bits per heavy atom. The summed E-state index contributed by atoms with van der Waals surface area (Å²) in [5.41, 5.74) is 0. The molecule has 0 bridgehead atoms. The fraction of sp³-hybridized carbons (Fsp3) is 0.0667. The Bertz CT molecular complexity index is 704. The van der Waals surface area contributed by atoms with Gasteiger partial charge in [-0.05, 0) is 35.0 Å². The first-order valence-electron chi connectivity index (χ1n) is 5.44. The zero-order valence-corrected chi connectivity index (χ0v) is 11.0. The van der Waals surface area contributed by atoms with Crippen LogP contribution in [-0.2, 0) is 0 Å². The van der Waals surface area contributed by atoms with E-state index in [1.807, 2.05) is 18.2 Å². The molecule has 0 radical (unpaired) electrons. The second-order valence-electron chi connectivity index (χ2n) is 4.00. The van der Waals surface area contributed by atoms with Crippen LogP contribution in [0.25, 0.3) is 21.5 Å². The molecule has 0 aliphatic heterocycles. The minimum Gasteiger partial charge on any atom is -0.495 e. The van der Waals surface area contributed by atoms with E-state index in [0.717, 1.165) is 21.0 Å². The zero-order chi connectivity index (χ0) is 11.8. The van der Waals surface area contributed by atoms with Crippen LogP contribution in [0, 0.1) is 0 Å². The summed E-state index contributed by atoms with van der Waals surface area (Å²) in [4.78, 5) is 0. The average Bonchev–Trinajstić information content (AvgIpc) is 2.35. The molecule has 0 aliphatic carbocycles. The Morgan fingerprint density at radius 1 is 0.882 bits per heavy atom. The maximum atomic E-state index is 5.57. The molecule has 84 valence electrons. The average molecular weight is 287 g/mol. The van der Waals surface area contributed by atoms with E-state index in [9.17, 15) is 0 Å². The van der Waals surface area contributed by atoms with Crippen molar-refractivity contribution in [2.24, 2.45) is 0 Å². The molecule has 0 heterocycles. The smallest absolute Gasteiger partial charge is 0.134 e. The van der Waals surface area contributed by atoms with Gasteiger partial charge in [-0.25, -0.2) is 0 Å². The molecule has 3 rings (SSSR count). The predicted molar refractivity (Wildman–Crippen MR) is 75.7 cm³/mol. The van der Waals surface area contributed by atoms with Crippen LogP contribution in [-0.4, -0.2) is 7.11 Å². The summed E-state index contributed by atoms with van der Waals surface area (Å²) >= 11 is 3.50. The topological polar surface area (TPSA) is 9.23 Å². The van der Waals surface area contributed by atoms with Crippen molar-refractivity contribution >= 4 is 37.5 Å². The Balaban J connectivity index is 2.53. The lowest BCUT2D eigenvalue weighted by molar-refractivity contribution is 0.424. The second kappa shape index (κ2) is 4.04. The van der Waals surface area contributed by atoms with Gasteiger partial charge in [0.2, 0.25) is 0 Å². The quantitative estimate of drug-likeness (QED) is 0.586. The van der Waals surface area contributed by atoms with E-state index in [-0.39, 0.29) is 0 Å². The lowest BCUT2D eigenvalue weighted by Gasteiger charge is -2.10. The largest absolute Gasteiger partial charge is 0.495 e. The zero-order valence-electron chi connectivity index (χ0n) is 9.41. The van der Waals surface area contributed by atoms with E-state index in [2.05, 4.69) is 46.3 Å². The van der Waals surface area contributed by atoms with Crippen LogP contribution in [0.15, 0.2) is 53.0 Å². The lowest BCUT2D eigenvalue weighted by Crippen LogP contribution is -1.87. The highest BCUT2D eigenvalue weighted by Gasteiger charge is 2.07. The molecule has 0 atom stereocenters. The lowest BCUT2D eigenvalue weighted by atomic mass is 10.0. The maximum Gasteiger partial charge on any atom is 0.134 e. The van der Waals surface area contributed by atoms with Gasteiger partial charge in [-0.15, -0.1) is 0 Å². The number of halogens is 1. The monoisotopic (exact) mass is 286 g/mol. The Labute approximate surface area is 108 Å². The third kappa shape index (κ3) is 1.69. The van der Waals surface area contributed by atoms with E-state index in [1.54, 1.807) is 7.11 Å². The highest BCUT2D eigenvalue weighted by atomic mass is 79.9. The number of methoxy groups -OCH3 is 1. The van der Waals surface area contributed by atoms with Gasteiger partial charge in [0.15, 0.2) is 0 Å². The van der Waals surface area contributed by atoms with Gasteiger partial charge in [-0.2, -0.15) is 0 Å². The van der Waals surface area contributed by atoms with Gasteiger partial charge >= 0.3 is 0 Å². The van der Waals surface area contributed by atoms with Gasteiger partial charge in [-0.1, -0.05) is 40.2 Å². The summed E-state index contributed by atoms with van der Waals surface area (Å²) in [6.45, 7) is 0. The third-order valence-corrected chi connectivity index (χ3v) is 3.47. The van der Waals surface area contributed by atoms with Crippen LogP contribution in [0.3, 0.4) is 0 Å². The number of fused-ring (bicyclic) bond motifs is 2. The number of hydrogen-bond acceptors (Lipinski definition) is 1. The third-order valence-electron chi connectivity index (χ3n) is 2.98. The first-order valence-corrected chi connectivity index (χ1v) is 6.24. The number of benzene rings is 3.